The van der Waals surface area contributed by atoms with Crippen LogP contribution in [0.2, 0.25) is 0 Å². The van der Waals surface area contributed by atoms with Crippen LogP contribution in [0.1, 0.15) is 0 Å². The second kappa shape index (κ2) is 5.92. The lowest BCUT2D eigenvalue weighted by atomic mass is 10.3. The quantitative estimate of drug-likeness (QED) is 0.613. The molecule has 1 amide bonds. The average Bonchev–Trinajstić information content (AvgIpc) is 2.37. The third-order valence-corrected chi connectivity index (χ3v) is 4.30. The van der Waals surface area contributed by atoms with Crippen molar-refractivity contribution < 1.29 is 22.5 Å². The maximum Gasteiger partial charge on any atom is 0.324 e. The lowest BCUT2D eigenvalue weighted by Crippen LogP contribution is -2.37. The van der Waals surface area contributed by atoms with Crippen LogP contribution >= 0.6 is 0 Å². The van der Waals surface area contributed by atoms with Crippen LogP contribution in [0.25, 0.3) is 0 Å². The molecule has 20 heavy (non-hydrogen) atoms. The van der Waals surface area contributed by atoms with Crippen LogP contribution in [0.3, 0.4) is 0 Å². The minimum atomic E-state index is -4.35. The third kappa shape index (κ3) is 3.08. The molecular formula is C10H12FN3O5S. The van der Waals surface area contributed by atoms with Gasteiger partial charge in [0.25, 0.3) is 0 Å². The number of rotatable bonds is 5. The first-order valence-corrected chi connectivity index (χ1v) is 6.75. The van der Waals surface area contributed by atoms with E-state index < -0.39 is 43.8 Å². The van der Waals surface area contributed by atoms with Crippen LogP contribution < -0.4 is 5.32 Å². The largest absolute Gasteiger partial charge is 0.358 e. The van der Waals surface area contributed by atoms with Gasteiger partial charge in [0.15, 0.2) is 4.90 Å². The number of nitrogens with zero attached hydrogens (tertiary/aromatic N) is 2. The first kappa shape index (κ1) is 16.0. The molecule has 1 aromatic rings. The molecule has 0 spiro atoms. The first-order chi connectivity index (χ1) is 9.21. The van der Waals surface area contributed by atoms with E-state index in [1.165, 1.54) is 7.05 Å². The molecule has 0 saturated carbocycles. The van der Waals surface area contributed by atoms with Gasteiger partial charge < -0.3 is 5.32 Å². The summed E-state index contributed by atoms with van der Waals surface area (Å²) in [5.74, 6) is -1.86. The van der Waals surface area contributed by atoms with Crippen molar-refractivity contribution in [1.29, 1.82) is 0 Å². The number of likely N-dealkylation sites (N-methyl/N-ethyl adjacent to an activating group) is 2. The van der Waals surface area contributed by atoms with Crippen molar-refractivity contribution in [2.24, 2.45) is 0 Å². The lowest BCUT2D eigenvalue weighted by Gasteiger charge is -2.16. The first-order valence-electron chi connectivity index (χ1n) is 5.31. The molecule has 0 radical (unpaired) electrons. The predicted molar refractivity (Wildman–Crippen MR) is 66.9 cm³/mol. The van der Waals surface area contributed by atoms with Gasteiger partial charge in [-0.3, -0.25) is 14.9 Å². The molecule has 0 aliphatic heterocycles. The summed E-state index contributed by atoms with van der Waals surface area (Å²) >= 11 is 0. The number of benzene rings is 1. The van der Waals surface area contributed by atoms with Gasteiger partial charge >= 0.3 is 5.69 Å². The highest BCUT2D eigenvalue weighted by atomic mass is 32.2. The van der Waals surface area contributed by atoms with Crippen LogP contribution in [-0.4, -0.2) is 44.2 Å². The van der Waals surface area contributed by atoms with Crippen LogP contribution in [0, 0.1) is 15.9 Å². The summed E-state index contributed by atoms with van der Waals surface area (Å²) in [7, 11) is -1.97. The zero-order valence-electron chi connectivity index (χ0n) is 10.7. The van der Waals surface area contributed by atoms with Gasteiger partial charge in [-0.15, -0.1) is 0 Å². The highest BCUT2D eigenvalue weighted by Gasteiger charge is 2.32. The van der Waals surface area contributed by atoms with Gasteiger partial charge in [0.05, 0.1) is 11.5 Å². The van der Waals surface area contributed by atoms with Crippen molar-refractivity contribution in [2.45, 2.75) is 4.90 Å². The standard InChI is InChI=1S/C10H12FN3O5S/c1-12-9(15)6-13(2)20(18,19)8-5-3-4-7(11)10(8)14(16)17/h3-5H,6H2,1-2H3,(H,12,15). The maximum atomic E-state index is 13.4. The van der Waals surface area contributed by atoms with E-state index in [0.717, 1.165) is 25.2 Å². The lowest BCUT2D eigenvalue weighted by molar-refractivity contribution is -0.390. The Hall–Kier alpha value is -2.07. The average molecular weight is 305 g/mol. The van der Waals surface area contributed by atoms with E-state index in [4.69, 9.17) is 0 Å². The molecule has 0 unspecified atom stereocenters. The molecule has 0 heterocycles. The molecule has 8 nitrogen and oxygen atoms in total. The molecule has 0 saturated heterocycles. The van der Waals surface area contributed by atoms with E-state index in [0.29, 0.717) is 4.31 Å². The minimum Gasteiger partial charge on any atom is -0.358 e. The molecule has 0 fully saturated rings. The molecule has 0 aliphatic carbocycles. The number of hydrogen-bond acceptors (Lipinski definition) is 5. The molecule has 1 rings (SSSR count). The van der Waals surface area contributed by atoms with Crippen molar-refractivity contribution >= 4 is 21.6 Å². The molecule has 0 bridgehead atoms. The normalized spacial score (nSPS) is 11.4. The fourth-order valence-electron chi connectivity index (χ4n) is 1.42. The summed E-state index contributed by atoms with van der Waals surface area (Å²) in [5.41, 5.74) is -1.14. The summed E-state index contributed by atoms with van der Waals surface area (Å²) < 4.78 is 38.3. The summed E-state index contributed by atoms with van der Waals surface area (Å²) in [6.45, 7) is -0.535. The highest BCUT2D eigenvalue weighted by molar-refractivity contribution is 7.89. The number of nitro groups is 1. The SMILES string of the molecule is CNC(=O)CN(C)S(=O)(=O)c1cccc(F)c1[N+](=O)[O-]. The Morgan fingerprint density at radius 2 is 2.10 bits per heavy atom. The fourth-order valence-corrected chi connectivity index (χ4v) is 2.70. The Morgan fingerprint density at radius 1 is 1.50 bits per heavy atom. The smallest absolute Gasteiger partial charge is 0.324 e. The number of hydrogen-bond donors (Lipinski definition) is 1. The molecule has 110 valence electrons. The number of carbonyl (C=O) groups excluding carboxylic acids is 1. The van der Waals surface area contributed by atoms with Crippen LogP contribution in [0.15, 0.2) is 23.1 Å². The third-order valence-electron chi connectivity index (χ3n) is 2.47. The van der Waals surface area contributed by atoms with E-state index in [2.05, 4.69) is 5.32 Å². The Morgan fingerprint density at radius 3 is 2.60 bits per heavy atom. The van der Waals surface area contributed by atoms with Crippen molar-refractivity contribution in [1.82, 2.24) is 9.62 Å². The molecular weight excluding hydrogens is 293 g/mol. The summed E-state index contributed by atoms with van der Waals surface area (Å²) in [6.07, 6.45) is 0. The zero-order chi connectivity index (χ0) is 15.5. The summed E-state index contributed by atoms with van der Waals surface area (Å²) in [4.78, 5) is 20.0. The van der Waals surface area contributed by atoms with Gasteiger partial charge in [0.2, 0.25) is 21.7 Å². The Kier molecular flexibility index (Phi) is 4.73. The Bertz CT molecular complexity index is 646. The zero-order valence-corrected chi connectivity index (χ0v) is 11.5. The molecule has 1 aromatic carbocycles. The van der Waals surface area contributed by atoms with Gasteiger partial charge in [0.1, 0.15) is 0 Å². The van der Waals surface area contributed by atoms with E-state index >= 15 is 0 Å². The van der Waals surface area contributed by atoms with Gasteiger partial charge in [-0.25, -0.2) is 8.42 Å². The van der Waals surface area contributed by atoms with Gasteiger partial charge in [-0.1, -0.05) is 6.07 Å². The number of para-hydroxylation sites is 1. The number of halogens is 1. The van der Waals surface area contributed by atoms with Crippen LogP contribution in [-0.2, 0) is 14.8 Å². The molecule has 0 aromatic heterocycles. The van der Waals surface area contributed by atoms with E-state index in [1.807, 2.05) is 0 Å². The van der Waals surface area contributed by atoms with Crippen molar-refractivity contribution in [2.75, 3.05) is 20.6 Å². The summed E-state index contributed by atoms with van der Waals surface area (Å²) in [6, 6.07) is 2.75. The number of nitrogens with one attached hydrogen (secondary N) is 1. The molecule has 1 N–H and O–H groups in total. The van der Waals surface area contributed by atoms with Crippen LogP contribution in [0.4, 0.5) is 10.1 Å². The Labute approximate surface area is 114 Å². The Balaban J connectivity index is 3.33. The van der Waals surface area contributed by atoms with E-state index in [9.17, 15) is 27.7 Å². The van der Waals surface area contributed by atoms with Gasteiger partial charge in [-0.05, 0) is 12.1 Å². The number of amides is 1. The van der Waals surface area contributed by atoms with Crippen molar-refractivity contribution in [3.8, 4) is 0 Å². The van der Waals surface area contributed by atoms with E-state index in [-0.39, 0.29) is 0 Å². The number of nitro benzene ring substituents is 1. The van der Waals surface area contributed by atoms with Gasteiger partial charge in [0, 0.05) is 14.1 Å². The molecule has 0 aliphatic rings. The minimum absolute atomic E-state index is 0.535. The molecule has 0 atom stereocenters. The summed E-state index contributed by atoms with van der Waals surface area (Å²) in [5, 5.41) is 13.0. The fraction of sp³-hybridized carbons (Fsp3) is 0.300. The number of carbonyl (C=O) groups is 1. The maximum absolute atomic E-state index is 13.4. The number of sulfonamides is 1. The van der Waals surface area contributed by atoms with E-state index in [1.54, 1.807) is 0 Å². The monoisotopic (exact) mass is 305 g/mol. The second-order valence-corrected chi connectivity index (χ2v) is 5.79. The van der Waals surface area contributed by atoms with Crippen LogP contribution in [0.5, 0.6) is 0 Å². The topological polar surface area (TPSA) is 110 Å². The highest BCUT2D eigenvalue weighted by Crippen LogP contribution is 2.28. The van der Waals surface area contributed by atoms with Gasteiger partial charge in [-0.2, -0.15) is 8.70 Å². The second-order valence-electron chi connectivity index (χ2n) is 3.78. The molecule has 10 heteroatoms. The van der Waals surface area contributed by atoms with Crippen molar-refractivity contribution in [3.05, 3.63) is 34.1 Å². The predicted octanol–water partition coefficient (Wildman–Crippen LogP) is 0.100. The van der Waals surface area contributed by atoms with Crippen molar-refractivity contribution in [3.63, 3.8) is 0 Å².